The van der Waals surface area contributed by atoms with Crippen LogP contribution < -0.4 is 50.2 Å². The van der Waals surface area contributed by atoms with Crippen LogP contribution in [0.2, 0.25) is 5.02 Å². The zero-order valence-corrected chi connectivity index (χ0v) is 91.5. The van der Waals surface area contributed by atoms with Gasteiger partial charge in [0.15, 0.2) is 0 Å². The molecule has 10 amide bonds. The van der Waals surface area contributed by atoms with E-state index in [0.717, 1.165) is 33.6 Å². The van der Waals surface area contributed by atoms with Gasteiger partial charge in [0.25, 0.3) is 0 Å². The highest BCUT2D eigenvalue weighted by Gasteiger charge is 2.43. The largest absolute Gasteiger partial charge is 0.331 e. The van der Waals surface area contributed by atoms with Crippen LogP contribution in [0.25, 0.3) is 22.3 Å². The predicted octanol–water partition coefficient (Wildman–Crippen LogP) is 21.8. The highest BCUT2D eigenvalue weighted by molar-refractivity contribution is 7.93. The van der Waals surface area contributed by atoms with E-state index < -0.39 is 102 Å². The molecule has 41 heteroatoms. The molecule has 0 bridgehead atoms. The molecule has 5 aliphatic heterocycles. The molecule has 32 nitrogen and oxygen atoms in total. The topological polar surface area (TPSA) is 452 Å². The minimum atomic E-state index is -3.32. The number of pyridine rings is 2. The zero-order chi connectivity index (χ0) is 106. The van der Waals surface area contributed by atoms with E-state index in [1.165, 1.54) is 36.4 Å². The molecule has 141 heavy (non-hydrogen) atoms. The molecule has 5 aromatic carbocycles. The maximum atomic E-state index is 14.4. The van der Waals surface area contributed by atoms with Crippen molar-refractivity contribution in [2.24, 2.45) is 0 Å². The fourth-order valence-corrected chi connectivity index (χ4v) is 23.3. The highest BCUT2D eigenvalue weighted by Crippen LogP contribution is 2.42. The summed E-state index contributed by atoms with van der Waals surface area (Å²) >= 11 is 6.25. The lowest BCUT2D eigenvalue weighted by molar-refractivity contribution is 0.143. The number of rotatable bonds is 30. The van der Waals surface area contributed by atoms with Crippen LogP contribution in [0.3, 0.4) is 0 Å². The van der Waals surface area contributed by atoms with Crippen LogP contribution in [0.1, 0.15) is 278 Å². The van der Waals surface area contributed by atoms with Gasteiger partial charge in [-0.1, -0.05) is 147 Å². The van der Waals surface area contributed by atoms with Crippen LogP contribution in [0.5, 0.6) is 0 Å². The molecule has 7 heterocycles. The molecule has 5 fully saturated rings. The first-order chi connectivity index (χ1) is 65.4. The third kappa shape index (κ3) is 31.5. The SMILES string of the molecule is CC(C)c1cc(Cl)cc(C(C)C)c1NC(=O)NS(=N)(=O)C1CN(C(C)C)C1.CC(C)c1cc(F)cc(-c2cccnc2)c1NC(=O)NS(=N)(=O)C1CN(C(C)C)C1.CC(C)c1cc(F)cc(C(C)C)c1NC(=O)NS(=N)(=O)C1CN(C(C)C)C1.CC(C)c1cccc(C(C)C)c1NC(=O)NS(=N)(=O)C1CN(C(C)C)C1.Cc1cc(-c2cc(F)cc(C(C)C)c2NC(=O)NS(=N)(=O)C2CN(C(C)C)C2)ccn1. The number of para-hydroxylation sites is 1. The third-order valence-corrected chi connectivity index (χ3v) is 34.5. The number of aromatic nitrogens is 2. The Balaban J connectivity index is 0.000000216. The number of nitrogens with one attached hydrogen (secondary N) is 15. The lowest BCUT2D eigenvalue weighted by atomic mass is 9.92. The Kier molecular flexibility index (Phi) is 40.8. The third-order valence-electron chi connectivity index (χ3n) is 25.7. The number of anilines is 5. The van der Waals surface area contributed by atoms with E-state index in [2.05, 4.69) is 140 Å². The van der Waals surface area contributed by atoms with Crippen LogP contribution in [0.4, 0.5) is 65.6 Å². The minimum absolute atomic E-state index is 0.0000826. The van der Waals surface area contributed by atoms with Gasteiger partial charge < -0.3 is 26.6 Å². The van der Waals surface area contributed by atoms with Gasteiger partial charge in [-0.2, -0.15) is 0 Å². The van der Waals surface area contributed by atoms with Gasteiger partial charge in [0, 0.05) is 159 Å². The summed E-state index contributed by atoms with van der Waals surface area (Å²) < 4.78 is 159. The normalized spacial score (nSPS) is 17.4. The quantitative estimate of drug-likeness (QED) is 0.0199. The summed E-state index contributed by atoms with van der Waals surface area (Å²) in [5, 5.41) is 12.7. The molecule has 5 atom stereocenters. The van der Waals surface area contributed by atoms with Gasteiger partial charge in [0.1, 0.15) is 67.0 Å². The molecule has 12 rings (SSSR count). The van der Waals surface area contributed by atoms with Gasteiger partial charge in [-0.15, -0.1) is 0 Å². The lowest BCUT2D eigenvalue weighted by Gasteiger charge is -2.42. The second-order valence-corrected chi connectivity index (χ2v) is 51.7. The van der Waals surface area contributed by atoms with Crippen molar-refractivity contribution >= 4 is 120 Å². The van der Waals surface area contributed by atoms with Crippen LogP contribution in [-0.2, 0) is 49.6 Å². The minimum Gasteiger partial charge on any atom is -0.307 e. The van der Waals surface area contributed by atoms with Crippen molar-refractivity contribution < 1.29 is 58.2 Å². The number of hydrogen-bond acceptors (Lipinski definition) is 22. The van der Waals surface area contributed by atoms with Crippen LogP contribution in [0, 0.1) is 48.3 Å². The first kappa shape index (κ1) is 117. The summed E-state index contributed by atoms with van der Waals surface area (Å²) in [7, 11) is -16.3. The molecule has 7 aromatic rings. The molecule has 780 valence electrons. The molecule has 5 saturated heterocycles. The van der Waals surface area contributed by atoms with E-state index in [1.54, 1.807) is 36.8 Å². The Morgan fingerprint density at radius 3 is 0.794 bits per heavy atom. The highest BCUT2D eigenvalue weighted by atomic mass is 35.5. The summed E-state index contributed by atoms with van der Waals surface area (Å²) in [6.07, 6.45) is 4.83. The number of nitrogens with zero attached hydrogens (tertiary/aromatic N) is 7. The lowest BCUT2D eigenvalue weighted by Crippen LogP contribution is -2.59. The van der Waals surface area contributed by atoms with Gasteiger partial charge in [0.2, 0.25) is 0 Å². The van der Waals surface area contributed by atoms with E-state index in [1.807, 2.05) is 168 Å². The second kappa shape index (κ2) is 49.3. The van der Waals surface area contributed by atoms with E-state index >= 15 is 0 Å². The zero-order valence-electron chi connectivity index (χ0n) is 86.6. The van der Waals surface area contributed by atoms with Crippen molar-refractivity contribution in [1.82, 2.24) is 58.1 Å². The Hall–Kier alpha value is -9.62. The summed E-state index contributed by atoms with van der Waals surface area (Å²) in [5.74, 6) is -0.515. The summed E-state index contributed by atoms with van der Waals surface area (Å²) in [5.41, 5.74) is 12.5. The average molecular weight is 2080 g/mol. The van der Waals surface area contributed by atoms with Gasteiger partial charge >= 0.3 is 30.2 Å². The van der Waals surface area contributed by atoms with Crippen LogP contribution in [-0.4, -0.2) is 208 Å². The first-order valence-electron chi connectivity index (χ1n) is 48.2. The second-order valence-electron chi connectivity index (χ2n) is 40.9. The monoisotopic (exact) mass is 2070 g/mol. The predicted molar refractivity (Wildman–Crippen MR) is 569 cm³/mol. The number of likely N-dealkylation sites (tertiary alicyclic amines) is 5. The van der Waals surface area contributed by atoms with Crippen LogP contribution >= 0.6 is 11.6 Å². The molecule has 0 radical (unpaired) electrons. The van der Waals surface area contributed by atoms with Crippen molar-refractivity contribution in [3.05, 3.63) is 182 Å². The Bertz CT molecular complexity index is 5950. The summed E-state index contributed by atoms with van der Waals surface area (Å²) in [6.45, 7) is 59.4. The number of carbonyl (C=O) groups excluding carboxylic acids is 5. The van der Waals surface area contributed by atoms with Crippen molar-refractivity contribution in [1.29, 1.82) is 23.9 Å². The summed E-state index contributed by atoms with van der Waals surface area (Å²) in [6, 6.07) is 23.4. The molecule has 0 saturated carbocycles. The first-order valence-corrected chi connectivity index (χ1v) is 56.7. The van der Waals surface area contributed by atoms with E-state index in [9.17, 15) is 58.2 Å². The molecule has 5 unspecified atom stereocenters. The van der Waals surface area contributed by atoms with Gasteiger partial charge in [0.05, 0.1) is 37.6 Å². The Labute approximate surface area is 841 Å². The maximum Gasteiger partial charge on any atom is 0.331 e. The maximum absolute atomic E-state index is 14.4. The van der Waals surface area contributed by atoms with Gasteiger partial charge in [-0.25, -0.2) is 82.1 Å². The Morgan fingerprint density at radius 2 is 0.553 bits per heavy atom. The molecule has 0 spiro atoms. The Morgan fingerprint density at radius 1 is 0.319 bits per heavy atom. The standard InChI is InChI=1S/C22H30FN5O2S.C21H28FN5O2S.C19H31ClN4O2S.C19H31FN4O2S.C19H32N4O2S/c1-13(2)19-9-17(23)10-20(16-6-7-25-15(5)8-16)21(19)26-22(29)27-31(24,30)18-11-28(12-18)14(3)4;1-13(2)18-8-16(22)9-19(15-6-5-7-24-10-15)20(18)25-21(28)26-30(23,29)17-11-27(12-17)14(3)4;2*1-11(2)16-7-14(20)8-17(12(3)4)18(16)22-19(25)23-27(21,26)15-9-24(10-15)13(5)6;1-12(2)16-8-7-9-17(13(3)4)18(16)21-19(24)22-26(20,25)15-10-23(11-15)14(5)6/h6-10,13-14,18H,11-12H2,1-5H3,(H3,24,26,27,29,30);5-10,13-14,17H,11-12H2,1-4H3,(H3,23,25,26,28,29);2*7-8,11-13,15H,9-10H2,1-6H3,(H3,21,22,23,25,26);7-9,12-15H,10-11H2,1-6H3,(H3,20,21,22,24,25). The van der Waals surface area contributed by atoms with Crippen molar-refractivity contribution in [3.63, 3.8) is 0 Å². The smallest absolute Gasteiger partial charge is 0.307 e. The molecular formula is C100H152ClF3N22O10S5. The van der Waals surface area contributed by atoms with Crippen molar-refractivity contribution in [3.8, 4) is 22.3 Å². The molecule has 2 aromatic heterocycles. The number of hydrogen-bond donors (Lipinski definition) is 15. The van der Waals surface area contributed by atoms with Gasteiger partial charge in [-0.3, -0.25) is 58.1 Å². The van der Waals surface area contributed by atoms with Crippen molar-refractivity contribution in [2.75, 3.05) is 92.0 Å². The number of aryl methyl sites for hydroxylation is 1. The molecular weight excluding hydrogens is 1920 g/mol. The molecule has 0 aliphatic carbocycles. The van der Waals surface area contributed by atoms with Gasteiger partial charge in [-0.05, 0) is 240 Å². The average Bonchev–Trinajstić information content (AvgIpc) is 0.789. The molecule has 5 aliphatic rings. The number of halogens is 4. The van der Waals surface area contributed by atoms with E-state index in [-0.39, 0.29) is 68.9 Å². The van der Waals surface area contributed by atoms with Crippen molar-refractivity contribution in [2.45, 2.75) is 291 Å². The van der Waals surface area contributed by atoms with E-state index in [4.69, 9.17) is 35.5 Å². The van der Waals surface area contributed by atoms with Crippen LogP contribution in [0.15, 0.2) is 110 Å². The number of benzene rings is 5. The number of urea groups is 5. The number of carbonyl (C=O) groups is 5. The number of amides is 10. The fourth-order valence-electron chi connectivity index (χ4n) is 16.5. The summed E-state index contributed by atoms with van der Waals surface area (Å²) in [4.78, 5) is 81.8. The fraction of sp³-hybridized carbons (Fsp3) is 0.550. The molecule has 15 N–H and O–H groups in total. The van der Waals surface area contributed by atoms with E-state index in [0.29, 0.717) is 168 Å².